The van der Waals surface area contributed by atoms with Crippen LogP contribution >= 0.6 is 0 Å². The Hall–Kier alpha value is -2.46. The topological polar surface area (TPSA) is 75.0 Å². The van der Waals surface area contributed by atoms with Gasteiger partial charge in [-0.15, -0.1) is 0 Å². The molecule has 0 spiro atoms. The number of rotatable bonds is 7. The van der Waals surface area contributed by atoms with Crippen LogP contribution in [0.4, 0.5) is 4.79 Å². The van der Waals surface area contributed by atoms with Gasteiger partial charge in [-0.1, -0.05) is 12.8 Å². The predicted octanol–water partition coefficient (Wildman–Crippen LogP) is 3.03. The molecule has 4 rings (SSSR count). The lowest BCUT2D eigenvalue weighted by atomic mass is 9.91. The molecule has 0 N–H and O–H groups in total. The molecule has 0 saturated carbocycles. The first-order chi connectivity index (χ1) is 14.2. The fourth-order valence-electron chi connectivity index (χ4n) is 4.39. The Kier molecular flexibility index (Phi) is 6.40. The Morgan fingerprint density at radius 2 is 1.97 bits per heavy atom. The van der Waals surface area contributed by atoms with Crippen molar-refractivity contribution in [3.63, 3.8) is 0 Å². The van der Waals surface area contributed by atoms with Crippen LogP contribution in [0.2, 0.25) is 0 Å². The van der Waals surface area contributed by atoms with E-state index in [1.165, 1.54) is 25.7 Å². The zero-order valence-corrected chi connectivity index (χ0v) is 16.8. The van der Waals surface area contributed by atoms with Gasteiger partial charge in [-0.3, -0.25) is 4.90 Å². The van der Waals surface area contributed by atoms with Gasteiger partial charge in [0.2, 0.25) is 0 Å². The van der Waals surface area contributed by atoms with Crippen molar-refractivity contribution in [2.24, 2.45) is 5.92 Å². The molecule has 1 amide bonds. The third-order valence-corrected chi connectivity index (χ3v) is 6.10. The molecular formula is C22H29N3O4. The number of unbranched alkanes of at least 4 members (excludes halogenated alkanes) is 1. The zero-order valence-electron chi connectivity index (χ0n) is 16.8. The van der Waals surface area contributed by atoms with Gasteiger partial charge in [0.15, 0.2) is 11.5 Å². The van der Waals surface area contributed by atoms with Gasteiger partial charge in [-0.2, -0.15) is 5.26 Å². The number of ether oxygens (including phenoxy) is 3. The molecule has 7 heteroatoms. The highest BCUT2D eigenvalue weighted by atomic mass is 16.6. The molecule has 2 fully saturated rings. The molecule has 3 heterocycles. The van der Waals surface area contributed by atoms with Gasteiger partial charge in [-0.25, -0.2) is 4.79 Å². The van der Waals surface area contributed by atoms with Gasteiger partial charge in [0.1, 0.15) is 19.3 Å². The maximum atomic E-state index is 11.4. The van der Waals surface area contributed by atoms with Gasteiger partial charge in [-0.05, 0) is 50.4 Å². The van der Waals surface area contributed by atoms with E-state index >= 15 is 0 Å². The van der Waals surface area contributed by atoms with E-state index in [-0.39, 0.29) is 12.2 Å². The fraction of sp³-hybridized carbons (Fsp3) is 0.636. The van der Waals surface area contributed by atoms with Crippen LogP contribution in [0, 0.1) is 17.2 Å². The number of benzene rings is 1. The number of nitrogens with zero attached hydrogens (tertiary/aromatic N) is 3. The van der Waals surface area contributed by atoms with E-state index in [0.29, 0.717) is 24.5 Å². The smallest absolute Gasteiger partial charge is 0.409 e. The summed E-state index contributed by atoms with van der Waals surface area (Å²) in [6.07, 6.45) is 5.76. The molecule has 2 saturated heterocycles. The third kappa shape index (κ3) is 5.13. The summed E-state index contributed by atoms with van der Waals surface area (Å²) in [7, 11) is 0. The van der Waals surface area contributed by atoms with Gasteiger partial charge in [0, 0.05) is 19.2 Å². The van der Waals surface area contributed by atoms with Crippen molar-refractivity contribution >= 4 is 6.09 Å². The molecule has 29 heavy (non-hydrogen) atoms. The van der Waals surface area contributed by atoms with Gasteiger partial charge in [0.25, 0.3) is 0 Å². The minimum Gasteiger partial charge on any atom is -0.486 e. The Morgan fingerprint density at radius 3 is 2.72 bits per heavy atom. The highest BCUT2D eigenvalue weighted by molar-refractivity contribution is 5.69. The van der Waals surface area contributed by atoms with Crippen molar-refractivity contribution in [1.29, 1.82) is 5.26 Å². The fourth-order valence-corrected chi connectivity index (χ4v) is 4.39. The molecule has 0 bridgehead atoms. The molecule has 1 unspecified atom stereocenters. The van der Waals surface area contributed by atoms with E-state index in [2.05, 4.69) is 11.0 Å². The number of hydrogen-bond acceptors (Lipinski definition) is 6. The quantitative estimate of drug-likeness (QED) is 0.656. The predicted molar refractivity (Wildman–Crippen MR) is 107 cm³/mol. The number of cyclic esters (lactones) is 1. The van der Waals surface area contributed by atoms with Crippen LogP contribution in [0.3, 0.4) is 0 Å². The summed E-state index contributed by atoms with van der Waals surface area (Å²) >= 11 is 0. The van der Waals surface area contributed by atoms with Crippen LogP contribution in [0.1, 0.15) is 37.7 Å². The minimum atomic E-state index is -0.154. The second-order valence-electron chi connectivity index (χ2n) is 8.17. The molecule has 1 aromatic rings. The maximum Gasteiger partial charge on any atom is 0.409 e. The number of carbonyl (C=O) groups is 1. The van der Waals surface area contributed by atoms with Crippen LogP contribution in [0.25, 0.3) is 0 Å². The number of piperidine rings is 1. The summed E-state index contributed by atoms with van der Waals surface area (Å²) in [4.78, 5) is 15.7. The molecule has 1 atom stereocenters. The van der Waals surface area contributed by atoms with Gasteiger partial charge < -0.3 is 19.1 Å². The number of hydrogen-bond donors (Lipinski definition) is 0. The molecule has 156 valence electrons. The number of fused-ring (bicyclic) bond motifs is 1. The first kappa shape index (κ1) is 19.8. The number of nitriles is 1. The Bertz CT molecular complexity index is 755. The molecule has 0 aromatic heterocycles. The summed E-state index contributed by atoms with van der Waals surface area (Å²) in [5.74, 6) is 2.18. The van der Waals surface area contributed by atoms with Crippen LogP contribution in [-0.4, -0.2) is 67.9 Å². The SMILES string of the molecule is N#Cc1ccc2c(c1)OC(CN1CCC(CCCCN3CCOC3=O)CC1)CO2. The average molecular weight is 399 g/mol. The summed E-state index contributed by atoms with van der Waals surface area (Å²) in [5, 5.41) is 9.06. The van der Waals surface area contributed by atoms with Crippen molar-refractivity contribution in [3.8, 4) is 17.6 Å². The minimum absolute atomic E-state index is 0.00760. The molecular weight excluding hydrogens is 370 g/mol. The molecule has 3 aliphatic heterocycles. The average Bonchev–Trinajstić information content (AvgIpc) is 3.16. The monoisotopic (exact) mass is 399 g/mol. The summed E-state index contributed by atoms with van der Waals surface area (Å²) in [5.41, 5.74) is 0.593. The van der Waals surface area contributed by atoms with Gasteiger partial charge in [0.05, 0.1) is 18.2 Å². The first-order valence-corrected chi connectivity index (χ1v) is 10.7. The lowest BCUT2D eigenvalue weighted by Crippen LogP contribution is -2.44. The number of likely N-dealkylation sites (tertiary alicyclic amines) is 1. The van der Waals surface area contributed by atoms with Crippen molar-refractivity contribution in [2.75, 3.05) is 45.9 Å². The Morgan fingerprint density at radius 1 is 1.10 bits per heavy atom. The van der Waals surface area contributed by atoms with Crippen molar-refractivity contribution < 1.29 is 19.0 Å². The molecule has 3 aliphatic rings. The van der Waals surface area contributed by atoms with Crippen molar-refractivity contribution in [1.82, 2.24) is 9.80 Å². The van der Waals surface area contributed by atoms with E-state index in [9.17, 15) is 4.79 Å². The van der Waals surface area contributed by atoms with E-state index in [1.807, 2.05) is 11.0 Å². The van der Waals surface area contributed by atoms with Gasteiger partial charge >= 0.3 is 6.09 Å². The third-order valence-electron chi connectivity index (χ3n) is 6.10. The number of amides is 1. The molecule has 0 aliphatic carbocycles. The number of carbonyl (C=O) groups excluding carboxylic acids is 1. The zero-order chi connectivity index (χ0) is 20.1. The second-order valence-corrected chi connectivity index (χ2v) is 8.17. The van der Waals surface area contributed by atoms with Crippen LogP contribution < -0.4 is 9.47 Å². The maximum absolute atomic E-state index is 11.4. The van der Waals surface area contributed by atoms with Crippen molar-refractivity contribution in [3.05, 3.63) is 23.8 Å². The van der Waals surface area contributed by atoms with Crippen LogP contribution in [0.5, 0.6) is 11.5 Å². The van der Waals surface area contributed by atoms with E-state index in [4.69, 9.17) is 19.5 Å². The van der Waals surface area contributed by atoms with E-state index in [0.717, 1.165) is 50.8 Å². The Labute approximate surface area is 172 Å². The summed E-state index contributed by atoms with van der Waals surface area (Å²) in [6, 6.07) is 7.47. The van der Waals surface area contributed by atoms with Crippen LogP contribution in [-0.2, 0) is 4.74 Å². The molecule has 7 nitrogen and oxygen atoms in total. The highest BCUT2D eigenvalue weighted by Crippen LogP contribution is 2.33. The van der Waals surface area contributed by atoms with Crippen molar-refractivity contribution in [2.45, 2.75) is 38.2 Å². The summed E-state index contributed by atoms with van der Waals surface area (Å²) in [6.45, 7) is 5.70. The second kappa shape index (κ2) is 9.36. The van der Waals surface area contributed by atoms with E-state index < -0.39 is 0 Å². The molecule has 1 aromatic carbocycles. The van der Waals surface area contributed by atoms with E-state index in [1.54, 1.807) is 12.1 Å². The molecule has 0 radical (unpaired) electrons. The highest BCUT2D eigenvalue weighted by Gasteiger charge is 2.26. The Balaban J connectivity index is 1.14. The normalized spacial score (nSPS) is 22.4. The largest absolute Gasteiger partial charge is 0.486 e. The standard InChI is InChI=1S/C22H29N3O4/c23-14-18-4-5-20-21(13-18)29-19(16-28-20)15-24-9-6-17(7-10-24)3-1-2-8-25-11-12-27-22(25)26/h4-5,13,17,19H,1-3,6-12,15-16H2. The lowest BCUT2D eigenvalue weighted by Gasteiger charge is -2.35. The lowest BCUT2D eigenvalue weighted by molar-refractivity contribution is 0.0470. The van der Waals surface area contributed by atoms with Crippen LogP contribution in [0.15, 0.2) is 18.2 Å². The summed E-state index contributed by atoms with van der Waals surface area (Å²) < 4.78 is 16.9. The first-order valence-electron chi connectivity index (χ1n) is 10.7.